The molecule has 0 aliphatic heterocycles. The zero-order valence-electron chi connectivity index (χ0n) is 7.36. The van der Waals surface area contributed by atoms with Gasteiger partial charge in [-0.25, -0.2) is 0 Å². The van der Waals surface area contributed by atoms with Gasteiger partial charge in [-0.1, -0.05) is 75.5 Å². The number of hydrogen-bond donors (Lipinski definition) is 0. The van der Waals surface area contributed by atoms with E-state index in [2.05, 4.69) is 62.7 Å². The maximum atomic E-state index is 8.72. The highest BCUT2D eigenvalue weighted by Gasteiger charge is 2.14. The average Bonchev–Trinajstić information content (AvgIpc) is 2.18. The molecule has 1 aromatic carbocycles. The van der Waals surface area contributed by atoms with Crippen LogP contribution < -0.4 is 0 Å². The number of rotatable bonds is 4. The van der Waals surface area contributed by atoms with Gasteiger partial charge in [0.25, 0.3) is 0 Å². The molecule has 0 bridgehead atoms. The van der Waals surface area contributed by atoms with Crippen molar-refractivity contribution >= 4 is 56.9 Å². The van der Waals surface area contributed by atoms with E-state index in [9.17, 15) is 0 Å². The van der Waals surface area contributed by atoms with Crippen LogP contribution in [0.2, 0.25) is 0 Å². The summed E-state index contributed by atoms with van der Waals surface area (Å²) in [5, 5.41) is 11.2. The molecule has 0 saturated carbocycles. The van der Waals surface area contributed by atoms with Crippen molar-refractivity contribution in [2.24, 2.45) is 0 Å². The Labute approximate surface area is 116 Å². The fourth-order valence-corrected chi connectivity index (χ4v) is 3.56. The van der Waals surface area contributed by atoms with Crippen LogP contribution in [-0.4, -0.2) is 1.93 Å². The molecule has 0 fully saturated rings. The van der Waals surface area contributed by atoms with E-state index < -0.39 is 0 Å². The molecule has 0 saturated heterocycles. The number of thiocyanates is 1. The van der Waals surface area contributed by atoms with Gasteiger partial charge in [0.05, 0.1) is 1.93 Å². The number of thioether (sulfide) groups is 1. The molecule has 0 radical (unpaired) electrons. The minimum atomic E-state index is 0.306. The summed E-state index contributed by atoms with van der Waals surface area (Å²) in [5.74, 6) is 0. The van der Waals surface area contributed by atoms with Gasteiger partial charge in [-0.15, -0.1) is 0 Å². The van der Waals surface area contributed by atoms with Gasteiger partial charge >= 0.3 is 0 Å². The number of hydrogen-bond acceptors (Lipinski definition) is 2. The summed E-state index contributed by atoms with van der Waals surface area (Å²) in [6.07, 6.45) is 1.03. The highest BCUT2D eigenvalue weighted by Crippen LogP contribution is 2.35. The molecule has 1 atom stereocenters. The van der Waals surface area contributed by atoms with Crippen molar-refractivity contribution in [3.63, 3.8) is 0 Å². The Morgan fingerprint density at radius 3 is 2.43 bits per heavy atom. The van der Waals surface area contributed by atoms with Gasteiger partial charge in [-0.2, -0.15) is 5.26 Å². The van der Waals surface area contributed by atoms with Crippen LogP contribution in [-0.2, 0) is 0 Å². The Bertz CT molecular complexity index is 308. The highest BCUT2D eigenvalue weighted by molar-refractivity contribution is 14.2. The van der Waals surface area contributed by atoms with Gasteiger partial charge < -0.3 is 0 Å². The van der Waals surface area contributed by atoms with Crippen molar-refractivity contribution in [3.8, 4) is 5.40 Å². The first-order valence-electron chi connectivity index (χ1n) is 4.12. The SMILES string of the molecule is N#CSC(CC(I)I)c1ccccc1. The van der Waals surface area contributed by atoms with E-state index in [0.717, 1.165) is 6.42 Å². The van der Waals surface area contributed by atoms with Crippen molar-refractivity contribution in [1.29, 1.82) is 5.26 Å². The van der Waals surface area contributed by atoms with E-state index in [1.54, 1.807) is 0 Å². The van der Waals surface area contributed by atoms with Crippen LogP contribution in [0.4, 0.5) is 0 Å². The summed E-state index contributed by atoms with van der Waals surface area (Å²) in [7, 11) is 0. The molecule has 1 nitrogen and oxygen atoms in total. The number of alkyl halides is 2. The molecule has 0 heterocycles. The normalized spacial score (nSPS) is 12.4. The van der Waals surface area contributed by atoms with E-state index in [-0.39, 0.29) is 0 Å². The van der Waals surface area contributed by atoms with E-state index in [4.69, 9.17) is 5.26 Å². The smallest absolute Gasteiger partial charge is 0.133 e. The molecule has 14 heavy (non-hydrogen) atoms. The van der Waals surface area contributed by atoms with Gasteiger partial charge in [-0.3, -0.25) is 0 Å². The first-order chi connectivity index (χ1) is 6.74. The molecule has 0 spiro atoms. The Kier molecular flexibility index (Phi) is 6.21. The molecule has 0 amide bonds. The molecule has 74 valence electrons. The molecule has 0 N–H and O–H groups in total. The maximum Gasteiger partial charge on any atom is 0.133 e. The standard InChI is InChI=1S/C10H9I2NS/c11-10(12)6-9(14-7-13)8-4-2-1-3-5-8/h1-5,9-10H,6H2. The van der Waals surface area contributed by atoms with Gasteiger partial charge in [-0.05, 0) is 23.7 Å². The summed E-state index contributed by atoms with van der Waals surface area (Å²) >= 11 is 6.13. The molecule has 4 heteroatoms. The van der Waals surface area contributed by atoms with E-state index in [0.29, 0.717) is 7.18 Å². The summed E-state index contributed by atoms with van der Waals surface area (Å²) in [5.41, 5.74) is 1.25. The van der Waals surface area contributed by atoms with E-state index >= 15 is 0 Å². The van der Waals surface area contributed by atoms with Crippen molar-refractivity contribution in [2.75, 3.05) is 0 Å². The van der Waals surface area contributed by atoms with Crippen molar-refractivity contribution in [2.45, 2.75) is 13.6 Å². The van der Waals surface area contributed by atoms with Gasteiger partial charge in [0, 0.05) is 5.25 Å². The molecule has 1 aromatic rings. The zero-order chi connectivity index (χ0) is 10.4. The lowest BCUT2D eigenvalue weighted by molar-refractivity contribution is 0.910. The third kappa shape index (κ3) is 4.36. The van der Waals surface area contributed by atoms with Crippen LogP contribution in [0.15, 0.2) is 30.3 Å². The monoisotopic (exact) mass is 429 g/mol. The predicted octanol–water partition coefficient (Wildman–Crippen LogP) is 4.53. The topological polar surface area (TPSA) is 23.8 Å². The molecule has 0 aliphatic rings. The highest BCUT2D eigenvalue weighted by atomic mass is 127. The first kappa shape index (κ1) is 12.6. The minimum absolute atomic E-state index is 0.306. The summed E-state index contributed by atoms with van der Waals surface area (Å²) < 4.78 is 0.566. The van der Waals surface area contributed by atoms with Crippen molar-refractivity contribution < 1.29 is 0 Å². The maximum absolute atomic E-state index is 8.72. The molecular weight excluding hydrogens is 420 g/mol. The first-order valence-corrected chi connectivity index (χ1v) is 7.49. The molecule has 1 rings (SSSR count). The number of nitrogens with zero attached hydrogens (tertiary/aromatic N) is 1. The van der Waals surface area contributed by atoms with Crippen LogP contribution in [0.3, 0.4) is 0 Å². The predicted molar refractivity (Wildman–Crippen MR) is 78.8 cm³/mol. The second-order valence-corrected chi connectivity index (χ2v) is 9.11. The summed E-state index contributed by atoms with van der Waals surface area (Å²) in [6.45, 7) is 0. The second kappa shape index (κ2) is 6.90. The van der Waals surface area contributed by atoms with Gasteiger partial charge in [0.1, 0.15) is 5.40 Å². The fourth-order valence-electron chi connectivity index (χ4n) is 1.15. The summed E-state index contributed by atoms with van der Waals surface area (Å²) in [4.78, 5) is 0. The van der Waals surface area contributed by atoms with Crippen LogP contribution in [0.1, 0.15) is 17.2 Å². The number of nitriles is 1. The summed E-state index contributed by atoms with van der Waals surface area (Å²) in [6, 6.07) is 10.2. The average molecular weight is 429 g/mol. The van der Waals surface area contributed by atoms with Gasteiger partial charge in [0.2, 0.25) is 0 Å². The Morgan fingerprint density at radius 1 is 1.29 bits per heavy atom. The third-order valence-corrected chi connectivity index (χ3v) is 3.63. The fraction of sp³-hybridized carbons (Fsp3) is 0.300. The van der Waals surface area contributed by atoms with Crippen molar-refractivity contribution in [3.05, 3.63) is 35.9 Å². The third-order valence-electron chi connectivity index (χ3n) is 1.76. The van der Waals surface area contributed by atoms with E-state index in [1.807, 2.05) is 18.2 Å². The lowest BCUT2D eigenvalue weighted by Gasteiger charge is -2.13. The van der Waals surface area contributed by atoms with Crippen LogP contribution in [0.25, 0.3) is 0 Å². The van der Waals surface area contributed by atoms with E-state index in [1.165, 1.54) is 17.3 Å². The molecule has 1 unspecified atom stereocenters. The quantitative estimate of drug-likeness (QED) is 0.399. The van der Waals surface area contributed by atoms with Crippen LogP contribution in [0, 0.1) is 10.7 Å². The molecule has 0 aromatic heterocycles. The largest absolute Gasteiger partial charge is 0.185 e. The lowest BCUT2D eigenvalue weighted by Crippen LogP contribution is -1.97. The number of benzene rings is 1. The molecule has 0 aliphatic carbocycles. The number of halogens is 2. The van der Waals surface area contributed by atoms with Crippen molar-refractivity contribution in [1.82, 2.24) is 0 Å². The Hall–Kier alpha value is 0.520. The molecular formula is C10H9I2NS. The van der Waals surface area contributed by atoms with Crippen LogP contribution >= 0.6 is 56.9 Å². The Morgan fingerprint density at radius 2 is 1.93 bits per heavy atom. The minimum Gasteiger partial charge on any atom is -0.185 e. The Balaban J connectivity index is 2.73. The van der Waals surface area contributed by atoms with Gasteiger partial charge in [0.15, 0.2) is 0 Å². The lowest BCUT2D eigenvalue weighted by atomic mass is 10.1. The zero-order valence-corrected chi connectivity index (χ0v) is 12.5. The van der Waals surface area contributed by atoms with Crippen LogP contribution in [0.5, 0.6) is 0 Å². The second-order valence-electron chi connectivity index (χ2n) is 2.74.